The molecule has 0 saturated carbocycles. The molecule has 3 nitrogen and oxygen atoms in total. The molecular weight excluding hydrogens is 323 g/mol. The Morgan fingerprint density at radius 1 is 1.30 bits per heavy atom. The number of rotatable bonds is 3. The second-order valence-electron chi connectivity index (χ2n) is 4.52. The van der Waals surface area contributed by atoms with Gasteiger partial charge in [0.2, 0.25) is 0 Å². The van der Waals surface area contributed by atoms with E-state index in [0.29, 0.717) is 22.3 Å². The predicted molar refractivity (Wildman–Crippen MR) is 80.8 cm³/mol. The molecule has 0 unspecified atom stereocenters. The maximum absolute atomic E-state index is 13.3. The highest BCUT2D eigenvalue weighted by molar-refractivity contribution is 9.10. The second-order valence-corrected chi connectivity index (χ2v) is 5.43. The molecule has 0 aliphatic heterocycles. The summed E-state index contributed by atoms with van der Waals surface area (Å²) in [6.45, 7) is 0.375. The van der Waals surface area contributed by atoms with E-state index >= 15 is 0 Å². The van der Waals surface area contributed by atoms with Gasteiger partial charge in [-0.1, -0.05) is 34.1 Å². The summed E-state index contributed by atoms with van der Waals surface area (Å²) in [4.78, 5) is 13.8. The van der Waals surface area contributed by atoms with E-state index in [1.807, 2.05) is 18.2 Å². The van der Waals surface area contributed by atoms with Gasteiger partial charge >= 0.3 is 0 Å². The Hall–Kier alpha value is -1.88. The molecule has 5 heteroatoms. The summed E-state index contributed by atoms with van der Waals surface area (Å²) >= 11 is 3.18. The van der Waals surface area contributed by atoms with Crippen LogP contribution in [-0.4, -0.2) is 17.9 Å². The van der Waals surface area contributed by atoms with Crippen LogP contribution in [0, 0.1) is 5.82 Å². The quantitative estimate of drug-likeness (QED) is 0.872. The Morgan fingerprint density at radius 2 is 2.00 bits per heavy atom. The number of nitrogen functional groups attached to an aromatic ring is 1. The first kappa shape index (κ1) is 14.5. The molecule has 0 saturated heterocycles. The lowest BCUT2D eigenvalue weighted by atomic mass is 10.1. The summed E-state index contributed by atoms with van der Waals surface area (Å²) in [7, 11) is 1.66. The first-order chi connectivity index (χ1) is 9.47. The number of nitrogens with two attached hydrogens (primary N) is 1. The molecule has 0 atom stereocenters. The van der Waals surface area contributed by atoms with Gasteiger partial charge in [0.25, 0.3) is 5.91 Å². The number of hydrogen-bond donors (Lipinski definition) is 1. The van der Waals surface area contributed by atoms with Crippen LogP contribution in [0.1, 0.15) is 15.9 Å². The van der Waals surface area contributed by atoms with E-state index in [2.05, 4.69) is 15.9 Å². The van der Waals surface area contributed by atoms with Crippen molar-refractivity contribution in [3.63, 3.8) is 0 Å². The highest BCUT2D eigenvalue weighted by Gasteiger charge is 2.14. The van der Waals surface area contributed by atoms with Gasteiger partial charge in [0, 0.05) is 29.3 Å². The zero-order chi connectivity index (χ0) is 14.7. The highest BCUT2D eigenvalue weighted by atomic mass is 79.9. The largest absolute Gasteiger partial charge is 0.398 e. The third kappa shape index (κ3) is 3.36. The van der Waals surface area contributed by atoms with Gasteiger partial charge in [0.15, 0.2) is 0 Å². The zero-order valence-electron chi connectivity index (χ0n) is 10.9. The molecule has 1 amide bonds. The smallest absolute Gasteiger partial charge is 0.254 e. The molecule has 0 aromatic heterocycles. The Labute approximate surface area is 125 Å². The monoisotopic (exact) mass is 336 g/mol. The van der Waals surface area contributed by atoms with E-state index in [9.17, 15) is 9.18 Å². The summed E-state index contributed by atoms with van der Waals surface area (Å²) in [5, 5.41) is 0. The Kier molecular flexibility index (Phi) is 4.39. The van der Waals surface area contributed by atoms with Crippen LogP contribution < -0.4 is 5.73 Å². The fourth-order valence-electron chi connectivity index (χ4n) is 1.90. The fourth-order valence-corrected chi connectivity index (χ4v) is 2.37. The minimum absolute atomic E-state index is 0.256. The molecule has 0 fully saturated rings. The average molecular weight is 337 g/mol. The minimum Gasteiger partial charge on any atom is -0.398 e. The maximum Gasteiger partial charge on any atom is 0.254 e. The van der Waals surface area contributed by atoms with Crippen molar-refractivity contribution < 1.29 is 9.18 Å². The number of anilines is 1. The normalized spacial score (nSPS) is 10.3. The number of hydrogen-bond acceptors (Lipinski definition) is 2. The van der Waals surface area contributed by atoms with Gasteiger partial charge in [0.1, 0.15) is 5.82 Å². The van der Waals surface area contributed by atoms with Gasteiger partial charge in [-0.15, -0.1) is 0 Å². The van der Waals surface area contributed by atoms with Crippen LogP contribution >= 0.6 is 15.9 Å². The SMILES string of the molecule is CN(Cc1ccccc1N)C(=O)c1cc(F)cc(Br)c1. The molecule has 0 radical (unpaired) electrons. The summed E-state index contributed by atoms with van der Waals surface area (Å²) in [6.07, 6.45) is 0. The lowest BCUT2D eigenvalue weighted by Crippen LogP contribution is -2.26. The number of para-hydroxylation sites is 1. The molecule has 2 N–H and O–H groups in total. The van der Waals surface area contributed by atoms with Crippen LogP contribution in [0.5, 0.6) is 0 Å². The molecule has 0 aliphatic carbocycles. The molecule has 2 aromatic carbocycles. The molecule has 20 heavy (non-hydrogen) atoms. The van der Waals surface area contributed by atoms with Crippen LogP contribution in [-0.2, 0) is 6.54 Å². The fraction of sp³-hybridized carbons (Fsp3) is 0.133. The standard InChI is InChI=1S/C15H14BrFN2O/c1-19(9-10-4-2-3-5-14(10)18)15(20)11-6-12(16)8-13(17)7-11/h2-8H,9,18H2,1H3. The van der Waals surface area contributed by atoms with Crippen molar-refractivity contribution in [3.05, 3.63) is 63.9 Å². The molecule has 0 heterocycles. The number of carbonyl (C=O) groups is 1. The number of carbonyl (C=O) groups excluding carboxylic acids is 1. The second kappa shape index (κ2) is 6.05. The van der Waals surface area contributed by atoms with E-state index in [1.165, 1.54) is 17.0 Å². The third-order valence-corrected chi connectivity index (χ3v) is 3.38. The number of benzene rings is 2. The van der Waals surface area contributed by atoms with Crippen molar-refractivity contribution in [1.29, 1.82) is 0 Å². The highest BCUT2D eigenvalue weighted by Crippen LogP contribution is 2.18. The first-order valence-corrected chi connectivity index (χ1v) is 6.81. The summed E-state index contributed by atoms with van der Waals surface area (Å²) in [6, 6.07) is 11.5. The molecule has 2 rings (SSSR count). The molecule has 0 spiro atoms. The lowest BCUT2D eigenvalue weighted by molar-refractivity contribution is 0.0785. The van der Waals surface area contributed by atoms with Crippen molar-refractivity contribution in [2.75, 3.05) is 12.8 Å². The minimum atomic E-state index is -0.449. The number of nitrogens with zero attached hydrogens (tertiary/aromatic N) is 1. The Balaban J connectivity index is 2.18. The van der Waals surface area contributed by atoms with Crippen molar-refractivity contribution in [3.8, 4) is 0 Å². The van der Waals surface area contributed by atoms with Crippen molar-refractivity contribution in [1.82, 2.24) is 4.90 Å². The average Bonchev–Trinajstić information content (AvgIpc) is 2.39. The van der Waals surface area contributed by atoms with Crippen LogP contribution in [0.3, 0.4) is 0 Å². The summed E-state index contributed by atoms with van der Waals surface area (Å²) < 4.78 is 13.9. The maximum atomic E-state index is 13.3. The van der Waals surface area contributed by atoms with Crippen molar-refractivity contribution in [2.45, 2.75) is 6.54 Å². The van der Waals surface area contributed by atoms with Gasteiger partial charge in [-0.2, -0.15) is 0 Å². The van der Waals surface area contributed by atoms with Crippen molar-refractivity contribution >= 4 is 27.5 Å². The Bertz CT molecular complexity index is 625. The third-order valence-electron chi connectivity index (χ3n) is 2.92. The topological polar surface area (TPSA) is 46.3 Å². The van der Waals surface area contributed by atoms with E-state index in [1.54, 1.807) is 19.2 Å². The van der Waals surface area contributed by atoms with Crippen LogP contribution in [0.15, 0.2) is 46.9 Å². The van der Waals surface area contributed by atoms with E-state index in [0.717, 1.165) is 5.56 Å². The predicted octanol–water partition coefficient (Wildman–Crippen LogP) is 3.44. The molecular formula is C15H14BrFN2O. The van der Waals surface area contributed by atoms with E-state index < -0.39 is 5.82 Å². The summed E-state index contributed by atoms with van der Waals surface area (Å²) in [5.41, 5.74) is 7.64. The van der Waals surface area contributed by atoms with E-state index in [-0.39, 0.29) is 5.91 Å². The molecule has 0 bridgehead atoms. The van der Waals surface area contributed by atoms with Gasteiger partial charge in [-0.05, 0) is 29.8 Å². The van der Waals surface area contributed by atoms with Crippen molar-refractivity contribution in [2.24, 2.45) is 0 Å². The summed E-state index contributed by atoms with van der Waals surface area (Å²) in [5.74, 6) is -0.705. The lowest BCUT2D eigenvalue weighted by Gasteiger charge is -2.18. The number of amides is 1. The Morgan fingerprint density at radius 3 is 2.65 bits per heavy atom. The van der Waals surface area contributed by atoms with Crippen LogP contribution in [0.2, 0.25) is 0 Å². The molecule has 104 valence electrons. The first-order valence-electron chi connectivity index (χ1n) is 6.02. The van der Waals surface area contributed by atoms with Gasteiger partial charge in [-0.25, -0.2) is 4.39 Å². The molecule has 2 aromatic rings. The van der Waals surface area contributed by atoms with Gasteiger partial charge in [0.05, 0.1) is 0 Å². The number of halogens is 2. The van der Waals surface area contributed by atoms with Gasteiger partial charge < -0.3 is 10.6 Å². The molecule has 0 aliphatic rings. The van der Waals surface area contributed by atoms with Gasteiger partial charge in [-0.3, -0.25) is 4.79 Å². The van der Waals surface area contributed by atoms with E-state index in [4.69, 9.17) is 5.73 Å². The zero-order valence-corrected chi connectivity index (χ0v) is 12.5. The van der Waals surface area contributed by atoms with Crippen LogP contribution in [0.25, 0.3) is 0 Å². The van der Waals surface area contributed by atoms with Crippen LogP contribution in [0.4, 0.5) is 10.1 Å².